The third-order valence-corrected chi connectivity index (χ3v) is 7.69. The van der Waals surface area contributed by atoms with Crippen molar-refractivity contribution in [2.24, 2.45) is 0 Å². The summed E-state index contributed by atoms with van der Waals surface area (Å²) < 4.78 is 32.3. The van der Waals surface area contributed by atoms with E-state index in [1.165, 1.54) is 15.6 Å². The normalized spacial score (nSPS) is 22.8. The first-order chi connectivity index (χ1) is 12.0. The lowest BCUT2D eigenvalue weighted by Crippen LogP contribution is -2.52. The summed E-state index contributed by atoms with van der Waals surface area (Å²) in [6.07, 6.45) is 2.00. The Morgan fingerprint density at radius 1 is 1.32 bits per heavy atom. The SMILES string of the molecule is CCc1nnc(NC(=O)N2CCC[C@H](S(=O)(=O)N3CCOCC3)C2)s1. The Hall–Kier alpha value is -1.30. The zero-order chi connectivity index (χ0) is 17.9. The number of urea groups is 1. The number of likely N-dealkylation sites (tertiary alicyclic amines) is 1. The smallest absolute Gasteiger partial charge is 0.323 e. The van der Waals surface area contributed by atoms with Crippen molar-refractivity contribution in [3.63, 3.8) is 0 Å². The number of aromatic nitrogens is 2. The van der Waals surface area contributed by atoms with Gasteiger partial charge in [0.1, 0.15) is 5.01 Å². The number of hydrogen-bond donors (Lipinski definition) is 1. The zero-order valence-electron chi connectivity index (χ0n) is 14.2. The summed E-state index contributed by atoms with van der Waals surface area (Å²) >= 11 is 1.33. The number of carbonyl (C=O) groups is 1. The minimum absolute atomic E-state index is 0.199. The molecule has 2 fully saturated rings. The topological polar surface area (TPSA) is 105 Å². The summed E-state index contributed by atoms with van der Waals surface area (Å²) in [6.45, 7) is 4.33. The van der Waals surface area contributed by atoms with E-state index >= 15 is 0 Å². The third-order valence-electron chi connectivity index (χ3n) is 4.40. The zero-order valence-corrected chi connectivity index (χ0v) is 15.8. The molecule has 140 valence electrons. The van der Waals surface area contributed by atoms with E-state index in [0.717, 1.165) is 11.4 Å². The maximum Gasteiger partial charge on any atom is 0.323 e. The van der Waals surface area contributed by atoms with Gasteiger partial charge in [-0.05, 0) is 19.3 Å². The van der Waals surface area contributed by atoms with Crippen LogP contribution in [-0.2, 0) is 21.2 Å². The number of sulfonamides is 1. The molecule has 2 aliphatic rings. The predicted molar refractivity (Wildman–Crippen MR) is 94.2 cm³/mol. The molecule has 11 heteroatoms. The van der Waals surface area contributed by atoms with Crippen LogP contribution in [0.3, 0.4) is 0 Å². The van der Waals surface area contributed by atoms with E-state index < -0.39 is 15.3 Å². The fourth-order valence-corrected chi connectivity index (χ4v) is 5.58. The average Bonchev–Trinajstić information content (AvgIpc) is 3.10. The van der Waals surface area contributed by atoms with Crippen molar-refractivity contribution in [2.45, 2.75) is 31.4 Å². The first kappa shape index (κ1) is 18.5. The van der Waals surface area contributed by atoms with Gasteiger partial charge in [0.05, 0.1) is 18.5 Å². The van der Waals surface area contributed by atoms with Gasteiger partial charge in [0, 0.05) is 26.2 Å². The van der Waals surface area contributed by atoms with Crippen LogP contribution in [0.25, 0.3) is 0 Å². The number of ether oxygens (including phenoxy) is 1. The van der Waals surface area contributed by atoms with Gasteiger partial charge in [0.2, 0.25) is 15.2 Å². The highest BCUT2D eigenvalue weighted by atomic mass is 32.2. The Labute approximate surface area is 151 Å². The maximum absolute atomic E-state index is 12.8. The Bertz CT molecular complexity index is 702. The van der Waals surface area contributed by atoms with Crippen LogP contribution >= 0.6 is 11.3 Å². The van der Waals surface area contributed by atoms with Crippen LogP contribution in [0, 0.1) is 0 Å². The summed E-state index contributed by atoms with van der Waals surface area (Å²) in [5.41, 5.74) is 0. The van der Waals surface area contributed by atoms with Gasteiger partial charge in [-0.1, -0.05) is 18.3 Å². The highest BCUT2D eigenvalue weighted by molar-refractivity contribution is 7.89. The number of rotatable bonds is 4. The van der Waals surface area contributed by atoms with Gasteiger partial charge in [-0.2, -0.15) is 4.31 Å². The Morgan fingerprint density at radius 2 is 2.08 bits per heavy atom. The van der Waals surface area contributed by atoms with Crippen molar-refractivity contribution < 1.29 is 17.9 Å². The number of anilines is 1. The number of nitrogens with zero attached hydrogens (tertiary/aromatic N) is 4. The highest BCUT2D eigenvalue weighted by Crippen LogP contribution is 2.23. The molecule has 0 aromatic carbocycles. The first-order valence-corrected chi connectivity index (χ1v) is 10.8. The van der Waals surface area contributed by atoms with E-state index in [-0.39, 0.29) is 12.6 Å². The molecule has 0 bridgehead atoms. The second-order valence-corrected chi connectivity index (χ2v) is 9.33. The van der Waals surface area contributed by atoms with Gasteiger partial charge in [0.15, 0.2) is 0 Å². The van der Waals surface area contributed by atoms with Crippen molar-refractivity contribution in [1.82, 2.24) is 19.4 Å². The van der Waals surface area contributed by atoms with Crippen LogP contribution < -0.4 is 5.32 Å². The fourth-order valence-electron chi connectivity index (χ4n) is 3.00. The number of hydrogen-bond acceptors (Lipinski definition) is 7. The van der Waals surface area contributed by atoms with Gasteiger partial charge in [-0.3, -0.25) is 5.32 Å². The Kier molecular flexibility index (Phi) is 5.87. The molecular formula is C14H23N5O4S2. The van der Waals surface area contributed by atoms with Gasteiger partial charge >= 0.3 is 6.03 Å². The lowest BCUT2D eigenvalue weighted by molar-refractivity contribution is 0.0721. The van der Waals surface area contributed by atoms with Crippen LogP contribution in [0.4, 0.5) is 9.93 Å². The fraction of sp³-hybridized carbons (Fsp3) is 0.786. The van der Waals surface area contributed by atoms with Crippen molar-refractivity contribution in [2.75, 3.05) is 44.7 Å². The molecule has 0 spiro atoms. The maximum atomic E-state index is 12.8. The molecule has 2 saturated heterocycles. The van der Waals surface area contributed by atoms with Gasteiger partial charge < -0.3 is 9.64 Å². The quantitative estimate of drug-likeness (QED) is 0.815. The predicted octanol–water partition coefficient (Wildman–Crippen LogP) is 0.759. The average molecular weight is 390 g/mol. The van der Waals surface area contributed by atoms with Crippen LogP contribution in [0.5, 0.6) is 0 Å². The molecule has 0 saturated carbocycles. The van der Waals surface area contributed by atoms with Crippen LogP contribution in [0.15, 0.2) is 0 Å². The molecule has 0 radical (unpaired) electrons. The first-order valence-electron chi connectivity index (χ1n) is 8.45. The van der Waals surface area contributed by atoms with E-state index in [0.29, 0.717) is 50.8 Å². The molecule has 0 aliphatic carbocycles. The molecule has 3 rings (SSSR count). The molecular weight excluding hydrogens is 366 g/mol. The van der Waals surface area contributed by atoms with E-state index in [9.17, 15) is 13.2 Å². The highest BCUT2D eigenvalue weighted by Gasteiger charge is 2.37. The third kappa shape index (κ3) is 4.27. The summed E-state index contributed by atoms with van der Waals surface area (Å²) in [4.78, 5) is 14.0. The number of carbonyl (C=O) groups excluding carboxylic acids is 1. The molecule has 2 amide bonds. The standard InChI is InChI=1S/C14H23N5O4S2/c1-2-12-16-17-13(24-12)15-14(20)18-5-3-4-11(10-18)25(21,22)19-6-8-23-9-7-19/h11H,2-10H2,1H3,(H,15,17,20)/t11-/m0/s1. The van der Waals surface area contributed by atoms with E-state index in [1.54, 1.807) is 4.90 Å². The molecule has 9 nitrogen and oxygen atoms in total. The number of piperidine rings is 1. The lowest BCUT2D eigenvalue weighted by atomic mass is 10.1. The van der Waals surface area contributed by atoms with Crippen LogP contribution in [0.2, 0.25) is 0 Å². The number of amides is 2. The molecule has 0 unspecified atom stereocenters. The lowest BCUT2D eigenvalue weighted by Gasteiger charge is -2.36. The largest absolute Gasteiger partial charge is 0.379 e. The minimum atomic E-state index is -3.42. The summed E-state index contributed by atoms with van der Waals surface area (Å²) in [5, 5.41) is 11.4. The number of nitrogens with one attached hydrogen (secondary N) is 1. The molecule has 1 atom stereocenters. The molecule has 3 heterocycles. The van der Waals surface area contributed by atoms with E-state index in [4.69, 9.17) is 4.74 Å². The number of morpholine rings is 1. The second-order valence-electron chi connectivity index (χ2n) is 6.05. The monoisotopic (exact) mass is 389 g/mol. The number of aryl methyl sites for hydroxylation is 1. The summed E-state index contributed by atoms with van der Waals surface area (Å²) in [5.74, 6) is 0. The van der Waals surface area contributed by atoms with E-state index in [1.807, 2.05) is 6.92 Å². The molecule has 1 aromatic rings. The van der Waals surface area contributed by atoms with Gasteiger partial charge in [0.25, 0.3) is 0 Å². The van der Waals surface area contributed by atoms with Crippen LogP contribution in [-0.4, -0.2) is 78.5 Å². The van der Waals surface area contributed by atoms with Gasteiger partial charge in [-0.25, -0.2) is 13.2 Å². The Balaban J connectivity index is 1.62. The summed E-state index contributed by atoms with van der Waals surface area (Å²) in [6, 6.07) is -0.319. The van der Waals surface area contributed by atoms with Crippen molar-refractivity contribution >= 4 is 32.5 Å². The molecule has 1 N–H and O–H groups in total. The Morgan fingerprint density at radius 3 is 2.76 bits per heavy atom. The molecule has 25 heavy (non-hydrogen) atoms. The van der Waals surface area contributed by atoms with E-state index in [2.05, 4.69) is 15.5 Å². The van der Waals surface area contributed by atoms with Gasteiger partial charge in [-0.15, -0.1) is 10.2 Å². The van der Waals surface area contributed by atoms with Crippen molar-refractivity contribution in [1.29, 1.82) is 0 Å². The van der Waals surface area contributed by atoms with Crippen LogP contribution in [0.1, 0.15) is 24.8 Å². The van der Waals surface area contributed by atoms with Crippen molar-refractivity contribution in [3.05, 3.63) is 5.01 Å². The minimum Gasteiger partial charge on any atom is -0.379 e. The summed E-state index contributed by atoms with van der Waals surface area (Å²) in [7, 11) is -3.42. The second kappa shape index (κ2) is 7.94. The molecule has 1 aromatic heterocycles. The molecule has 2 aliphatic heterocycles. The van der Waals surface area contributed by atoms with Crippen molar-refractivity contribution in [3.8, 4) is 0 Å².